The fourth-order valence-corrected chi connectivity index (χ4v) is 13.0. The Bertz CT molecular complexity index is 4520. The Balaban J connectivity index is 0.000000184. The average Bonchev–Trinajstić information content (AvgIpc) is 1.64. The number of piperazine rings is 2. The second-order valence-corrected chi connectivity index (χ2v) is 24.7. The predicted molar refractivity (Wildman–Crippen MR) is 389 cm³/mol. The van der Waals surface area contributed by atoms with Crippen molar-refractivity contribution >= 4 is 78.3 Å². The van der Waals surface area contributed by atoms with Crippen LogP contribution in [0.2, 0.25) is 0 Å². The van der Waals surface area contributed by atoms with E-state index in [1.165, 1.54) is 34.1 Å². The van der Waals surface area contributed by atoms with E-state index in [1.807, 2.05) is 159 Å². The number of ether oxygens (including phenoxy) is 4. The number of amides is 2. The molecule has 8 aromatic carbocycles. The van der Waals surface area contributed by atoms with Gasteiger partial charge in [-0.2, -0.15) is 0 Å². The van der Waals surface area contributed by atoms with Crippen molar-refractivity contribution in [2.24, 2.45) is 0 Å². The van der Waals surface area contributed by atoms with Crippen molar-refractivity contribution in [2.45, 2.75) is 91.1 Å². The van der Waals surface area contributed by atoms with Gasteiger partial charge in [-0.05, 0) is 67.8 Å². The van der Waals surface area contributed by atoms with Crippen molar-refractivity contribution in [1.82, 2.24) is 20.0 Å². The molecule has 535 valence electrons. The van der Waals surface area contributed by atoms with Crippen molar-refractivity contribution in [3.05, 3.63) is 262 Å². The van der Waals surface area contributed by atoms with Crippen LogP contribution in [-0.4, -0.2) is 136 Å². The number of hydrogen-bond donors (Lipinski definition) is 1. The van der Waals surface area contributed by atoms with Gasteiger partial charge in [-0.3, -0.25) is 24.3 Å². The molecule has 105 heavy (non-hydrogen) atoms. The number of esters is 2. The van der Waals surface area contributed by atoms with Crippen LogP contribution in [0, 0.1) is 0 Å². The largest absolute Gasteiger partial charge is 1.00 e. The van der Waals surface area contributed by atoms with Crippen LogP contribution in [0.3, 0.4) is 0 Å². The van der Waals surface area contributed by atoms with Crippen LogP contribution >= 0.6 is 0 Å². The van der Waals surface area contributed by atoms with E-state index in [1.54, 1.807) is 4.90 Å². The molecular weight excluding hydrogens is 1350 g/mol. The van der Waals surface area contributed by atoms with Crippen LogP contribution in [0.5, 0.6) is 0 Å². The zero-order valence-corrected chi connectivity index (χ0v) is 61.6. The maximum Gasteiger partial charge on any atom is 1.00 e. The zero-order valence-electron chi connectivity index (χ0n) is 59.6. The third kappa shape index (κ3) is 20.2. The molecule has 1 N–H and O–H groups in total. The monoisotopic (exact) mass is 1430 g/mol. The number of nitrogens with zero attached hydrogens (tertiary/aromatic N) is 3. The molecule has 2 amide bonds. The van der Waals surface area contributed by atoms with Gasteiger partial charge in [-0.1, -0.05) is 208 Å². The van der Waals surface area contributed by atoms with E-state index >= 15 is 0 Å². The molecule has 2 saturated heterocycles. The van der Waals surface area contributed by atoms with Crippen LogP contribution in [0.15, 0.2) is 215 Å². The molecule has 2 aliphatic carbocycles. The molecule has 23 heteroatoms. The Morgan fingerprint density at radius 2 is 0.886 bits per heavy atom. The van der Waals surface area contributed by atoms with Crippen LogP contribution in [0.4, 0.5) is 9.59 Å². The molecule has 21 nitrogen and oxygen atoms in total. The van der Waals surface area contributed by atoms with Crippen molar-refractivity contribution < 1.29 is 110 Å². The molecule has 14 rings (SSSR count). The SMILES string of the molecule is CC(=O)OOC(C)=O.CCc1oc2ccccc2c1C=O.CCc1oc2ccccc2c1CN1CCN(C(=O)OCC2c3ccccc3-c3ccccc32)C(C(=O)OCc2ccccc2)C1.O=C(OCc1ccccc1)C1CNCCN1C(=O)OCC1c2ccccc2-c2ccccc21.[B-]OC(C)=O.[Na+]. The molecule has 3 radical (unpaired) electrons. The van der Waals surface area contributed by atoms with E-state index < -0.39 is 54.1 Å². The van der Waals surface area contributed by atoms with Gasteiger partial charge in [0.05, 0.1) is 5.56 Å². The Morgan fingerprint density at radius 3 is 1.33 bits per heavy atom. The number of aldehydes is 1. The molecule has 2 fully saturated rings. The summed E-state index contributed by atoms with van der Waals surface area (Å²) in [5.74, 6) is -0.981. The number of rotatable bonds is 15. The second-order valence-electron chi connectivity index (χ2n) is 24.7. The number of furan rings is 2. The fraction of sp³-hybridized carbons (Fsp3) is 0.268. The summed E-state index contributed by atoms with van der Waals surface area (Å²) >= 11 is 0. The maximum atomic E-state index is 13.7. The average molecular weight is 1430 g/mol. The molecule has 2 unspecified atom stereocenters. The van der Waals surface area contributed by atoms with E-state index in [0.717, 1.165) is 105 Å². The molecule has 0 saturated carbocycles. The minimum absolute atomic E-state index is 0. The smallest absolute Gasteiger partial charge is 0.793 e. The van der Waals surface area contributed by atoms with Gasteiger partial charge in [-0.25, -0.2) is 38.5 Å². The van der Waals surface area contributed by atoms with Gasteiger partial charge in [0.2, 0.25) is 5.97 Å². The Kier molecular flexibility index (Phi) is 29.0. The Hall–Kier alpha value is -10.6. The number of hydrogen-bond acceptors (Lipinski definition) is 19. The number of benzene rings is 8. The topological polar surface area (TPSA) is 249 Å². The van der Waals surface area contributed by atoms with Crippen molar-refractivity contribution in [1.29, 1.82) is 0 Å². The fourth-order valence-electron chi connectivity index (χ4n) is 13.0. The molecule has 0 spiro atoms. The summed E-state index contributed by atoms with van der Waals surface area (Å²) in [4.78, 5) is 106. The summed E-state index contributed by atoms with van der Waals surface area (Å²) in [6, 6.07) is 66.2. The summed E-state index contributed by atoms with van der Waals surface area (Å²) < 4.78 is 38.3. The first-order valence-corrected chi connectivity index (χ1v) is 34.3. The van der Waals surface area contributed by atoms with E-state index in [0.29, 0.717) is 51.4 Å². The Morgan fingerprint density at radius 1 is 0.486 bits per heavy atom. The number of fused-ring (bicyclic) bond motifs is 8. The molecule has 2 aromatic heterocycles. The van der Waals surface area contributed by atoms with Gasteiger partial charge >= 0.3 is 65.6 Å². The van der Waals surface area contributed by atoms with Crippen LogP contribution in [0.1, 0.15) is 107 Å². The number of carbonyl (C=O) groups excluding carboxylic acids is 8. The molecule has 10 aromatic rings. The first-order valence-electron chi connectivity index (χ1n) is 34.3. The van der Waals surface area contributed by atoms with Crippen LogP contribution in [0.25, 0.3) is 44.2 Å². The van der Waals surface area contributed by atoms with Crippen molar-refractivity contribution in [3.63, 3.8) is 0 Å². The predicted octanol–water partition coefficient (Wildman–Crippen LogP) is 10.6. The summed E-state index contributed by atoms with van der Waals surface area (Å²) in [5, 5.41) is 5.16. The summed E-state index contributed by atoms with van der Waals surface area (Å²) in [6.07, 6.45) is 1.40. The van der Waals surface area contributed by atoms with Gasteiger partial charge in [0.25, 0.3) is 0 Å². The summed E-state index contributed by atoms with van der Waals surface area (Å²) in [6.45, 7) is 11.5. The molecular formula is C82H81BN4NaO17. The third-order valence-electron chi connectivity index (χ3n) is 17.9. The standard InChI is InChI=1S/C38H36N2O5.C27H26N2O4.C11H10O2.C4H6O4.C2H3BO2.Na/c1-2-35-32(31-18-10-11-19-36(31)45-35)22-39-20-21-40(34(23-39)37(41)43-24-26-12-4-3-5-13-26)38(42)44-25-33-29-16-8-6-14-27(29)28-15-7-9-17-30(28)33;30-26(32-17-19-8-2-1-3-9-19)25-16-28-14-15-29(25)27(31)33-18-24-22-12-6-4-10-20(22)21-11-5-7-13-23(21)24;1-2-10-9(7-12)8-5-3-4-6-11(8)13-10;1-3(5)7-8-4(2)6;1-2(4)5-3;/h3-19,33-34H,2,20-25H2,1H3;1-13,24-25,28H,14-18H2;3-7H,2H2,1H3;1-2H3;1H3;/q;;;;-1;+1. The van der Waals surface area contributed by atoms with E-state index in [9.17, 15) is 38.4 Å². The van der Waals surface area contributed by atoms with Crippen molar-refractivity contribution in [2.75, 3.05) is 52.5 Å². The maximum absolute atomic E-state index is 13.7. The van der Waals surface area contributed by atoms with E-state index in [-0.39, 0.29) is 67.8 Å². The first-order chi connectivity index (χ1) is 50.6. The van der Waals surface area contributed by atoms with Gasteiger partial charge in [0.15, 0.2) is 6.29 Å². The van der Waals surface area contributed by atoms with Crippen LogP contribution in [-0.2, 0) is 89.9 Å². The van der Waals surface area contributed by atoms with E-state index in [4.69, 9.17) is 27.8 Å². The molecule has 4 heterocycles. The number of nitrogens with one attached hydrogen (secondary N) is 1. The second kappa shape index (κ2) is 38.8. The quantitative estimate of drug-likeness (QED) is 0.0250. The number of para-hydroxylation sites is 2. The number of carbonyl (C=O) groups is 8. The zero-order chi connectivity index (χ0) is 73.5. The summed E-state index contributed by atoms with van der Waals surface area (Å²) in [5.41, 5.74) is 14.6. The minimum atomic E-state index is -0.804. The van der Waals surface area contributed by atoms with Gasteiger partial charge < -0.3 is 45.8 Å². The third-order valence-corrected chi connectivity index (χ3v) is 17.9. The van der Waals surface area contributed by atoms with Gasteiger partial charge in [0, 0.05) is 108 Å². The minimum Gasteiger partial charge on any atom is -0.793 e. The van der Waals surface area contributed by atoms with Gasteiger partial charge in [0.1, 0.15) is 61.2 Å². The molecule has 2 atom stereocenters. The van der Waals surface area contributed by atoms with Gasteiger partial charge in [-0.15, -0.1) is 0 Å². The molecule has 0 bridgehead atoms. The van der Waals surface area contributed by atoms with E-state index in [2.05, 4.69) is 94.2 Å². The number of aryl methyl sites for hydroxylation is 2. The molecule has 2 aliphatic heterocycles. The molecule has 4 aliphatic rings. The van der Waals surface area contributed by atoms with Crippen LogP contribution < -0.4 is 34.9 Å². The Labute approximate surface area is 632 Å². The first kappa shape index (κ1) is 78.5. The normalized spacial score (nSPS) is 14.6. The summed E-state index contributed by atoms with van der Waals surface area (Å²) in [7, 11) is 4.32. The van der Waals surface area contributed by atoms with Crippen molar-refractivity contribution in [3.8, 4) is 22.3 Å².